The van der Waals surface area contributed by atoms with E-state index in [0.717, 1.165) is 11.1 Å². The van der Waals surface area contributed by atoms with E-state index in [9.17, 15) is 14.0 Å². The first-order valence-electron chi connectivity index (χ1n) is 11.3. The molecular weight excluding hydrogens is 435 g/mol. The number of amides is 2. The molecule has 1 heterocycles. The summed E-state index contributed by atoms with van der Waals surface area (Å²) in [7, 11) is 0. The van der Waals surface area contributed by atoms with Gasteiger partial charge in [0.15, 0.2) is 12.7 Å². The molecular formula is C27H27FN2O4. The monoisotopic (exact) mass is 462 g/mol. The Hall–Kier alpha value is -3.87. The zero-order valence-corrected chi connectivity index (χ0v) is 19.0. The van der Waals surface area contributed by atoms with Crippen molar-refractivity contribution in [2.24, 2.45) is 0 Å². The van der Waals surface area contributed by atoms with Crippen molar-refractivity contribution in [1.29, 1.82) is 0 Å². The number of halogens is 1. The largest absolute Gasteiger partial charge is 0.484 e. The van der Waals surface area contributed by atoms with Gasteiger partial charge in [0, 0.05) is 24.3 Å². The number of carbonyl (C=O) groups excluding carboxylic acids is 2. The molecule has 176 valence electrons. The van der Waals surface area contributed by atoms with Crippen molar-refractivity contribution in [1.82, 2.24) is 4.90 Å². The summed E-state index contributed by atoms with van der Waals surface area (Å²) in [6.45, 7) is 2.63. The Kier molecular flexibility index (Phi) is 7.42. The average Bonchev–Trinajstić information content (AvgIpc) is 2.99. The van der Waals surface area contributed by atoms with E-state index in [2.05, 4.69) is 5.32 Å². The number of ether oxygens (including phenoxy) is 2. The molecule has 34 heavy (non-hydrogen) atoms. The predicted octanol–water partition coefficient (Wildman–Crippen LogP) is 4.59. The summed E-state index contributed by atoms with van der Waals surface area (Å²) in [6, 6.07) is 20.8. The third-order valence-electron chi connectivity index (χ3n) is 5.63. The Balaban J connectivity index is 1.44. The molecule has 0 spiro atoms. The SMILES string of the molecule is CCC1Oc2ccc(NC(=O)COc3ccccc3)cc2CN(CCc2ccc(F)cc2)C1=O. The van der Waals surface area contributed by atoms with Gasteiger partial charge in [-0.15, -0.1) is 0 Å². The first-order valence-corrected chi connectivity index (χ1v) is 11.3. The van der Waals surface area contributed by atoms with Crippen LogP contribution < -0.4 is 14.8 Å². The second-order valence-electron chi connectivity index (χ2n) is 8.12. The zero-order valence-electron chi connectivity index (χ0n) is 19.0. The number of nitrogens with zero attached hydrogens (tertiary/aromatic N) is 1. The summed E-state index contributed by atoms with van der Waals surface area (Å²) in [5.41, 5.74) is 2.36. The summed E-state index contributed by atoms with van der Waals surface area (Å²) >= 11 is 0. The molecule has 0 fully saturated rings. The summed E-state index contributed by atoms with van der Waals surface area (Å²) in [5, 5.41) is 2.84. The van der Waals surface area contributed by atoms with Crippen LogP contribution in [0.1, 0.15) is 24.5 Å². The third kappa shape index (κ3) is 5.92. The normalized spacial score (nSPS) is 15.2. The zero-order chi connectivity index (χ0) is 23.9. The smallest absolute Gasteiger partial charge is 0.263 e. The standard InChI is InChI=1S/C27H27FN2O4/c1-2-24-27(32)30(15-14-19-8-10-21(28)11-9-19)17-20-16-22(12-13-25(20)34-24)29-26(31)18-33-23-6-4-3-5-7-23/h3-13,16,24H,2,14-15,17-18H2,1H3,(H,29,31). The van der Waals surface area contributed by atoms with Crippen molar-refractivity contribution in [2.75, 3.05) is 18.5 Å². The van der Waals surface area contributed by atoms with Crippen LogP contribution in [0.25, 0.3) is 0 Å². The van der Waals surface area contributed by atoms with Gasteiger partial charge >= 0.3 is 0 Å². The number of hydrogen-bond donors (Lipinski definition) is 1. The molecule has 0 aromatic heterocycles. The maximum Gasteiger partial charge on any atom is 0.263 e. The van der Waals surface area contributed by atoms with Crippen molar-refractivity contribution in [3.8, 4) is 11.5 Å². The molecule has 0 saturated carbocycles. The topological polar surface area (TPSA) is 67.9 Å². The third-order valence-corrected chi connectivity index (χ3v) is 5.63. The fraction of sp³-hybridized carbons (Fsp3) is 0.259. The van der Waals surface area contributed by atoms with Crippen LogP contribution in [0.15, 0.2) is 72.8 Å². The van der Waals surface area contributed by atoms with E-state index in [1.165, 1.54) is 12.1 Å². The van der Waals surface area contributed by atoms with Crippen LogP contribution in [0.4, 0.5) is 10.1 Å². The minimum absolute atomic E-state index is 0.0809. The number of nitrogens with one attached hydrogen (secondary N) is 1. The lowest BCUT2D eigenvalue weighted by Crippen LogP contribution is -2.40. The van der Waals surface area contributed by atoms with Gasteiger partial charge in [0.2, 0.25) is 0 Å². The molecule has 1 aliphatic heterocycles. The van der Waals surface area contributed by atoms with Crippen molar-refractivity contribution in [3.63, 3.8) is 0 Å². The minimum Gasteiger partial charge on any atom is -0.484 e. The van der Waals surface area contributed by atoms with Gasteiger partial charge in [-0.05, 0) is 60.9 Å². The Bertz CT molecular complexity index is 1140. The molecule has 0 radical (unpaired) electrons. The number of benzene rings is 3. The van der Waals surface area contributed by atoms with Gasteiger partial charge in [0.25, 0.3) is 11.8 Å². The van der Waals surface area contributed by atoms with E-state index in [1.54, 1.807) is 41.3 Å². The summed E-state index contributed by atoms with van der Waals surface area (Å²) in [4.78, 5) is 27.2. The second kappa shape index (κ2) is 10.8. The number of fused-ring (bicyclic) bond motifs is 1. The van der Waals surface area contributed by atoms with Crippen LogP contribution in [-0.4, -0.2) is 36.0 Å². The van der Waals surface area contributed by atoms with Crippen LogP contribution in [-0.2, 0) is 22.6 Å². The Labute approximate surface area is 198 Å². The lowest BCUT2D eigenvalue weighted by molar-refractivity contribution is -0.138. The van der Waals surface area contributed by atoms with Gasteiger partial charge in [0.1, 0.15) is 17.3 Å². The van der Waals surface area contributed by atoms with E-state index >= 15 is 0 Å². The Morgan fingerprint density at radius 3 is 2.62 bits per heavy atom. The van der Waals surface area contributed by atoms with Gasteiger partial charge in [0.05, 0.1) is 0 Å². The van der Waals surface area contributed by atoms with Crippen molar-refractivity contribution < 1.29 is 23.5 Å². The van der Waals surface area contributed by atoms with Crippen molar-refractivity contribution in [2.45, 2.75) is 32.4 Å². The number of anilines is 1. The highest BCUT2D eigenvalue weighted by molar-refractivity contribution is 5.92. The van der Waals surface area contributed by atoms with E-state index in [1.807, 2.05) is 31.2 Å². The fourth-order valence-electron chi connectivity index (χ4n) is 3.81. The molecule has 7 heteroatoms. The average molecular weight is 463 g/mol. The second-order valence-corrected chi connectivity index (χ2v) is 8.12. The van der Waals surface area contributed by atoms with Gasteiger partial charge in [-0.25, -0.2) is 4.39 Å². The maximum absolute atomic E-state index is 13.2. The summed E-state index contributed by atoms with van der Waals surface area (Å²) < 4.78 is 24.7. The van der Waals surface area contributed by atoms with E-state index in [-0.39, 0.29) is 24.2 Å². The Morgan fingerprint density at radius 2 is 1.88 bits per heavy atom. The minimum atomic E-state index is -0.575. The van der Waals surface area contributed by atoms with Gasteiger partial charge in [-0.2, -0.15) is 0 Å². The van der Waals surface area contributed by atoms with E-state index in [4.69, 9.17) is 9.47 Å². The Morgan fingerprint density at radius 1 is 1.12 bits per heavy atom. The predicted molar refractivity (Wildman–Crippen MR) is 127 cm³/mol. The van der Waals surface area contributed by atoms with Gasteiger partial charge in [-0.3, -0.25) is 9.59 Å². The van der Waals surface area contributed by atoms with E-state index < -0.39 is 6.10 Å². The lowest BCUT2D eigenvalue weighted by atomic mass is 10.1. The first kappa shape index (κ1) is 23.3. The number of carbonyl (C=O) groups is 2. The molecule has 6 nitrogen and oxygen atoms in total. The first-order chi connectivity index (χ1) is 16.5. The van der Waals surface area contributed by atoms with Crippen LogP contribution >= 0.6 is 0 Å². The van der Waals surface area contributed by atoms with Crippen LogP contribution in [0, 0.1) is 5.82 Å². The highest BCUT2D eigenvalue weighted by atomic mass is 19.1. The van der Waals surface area contributed by atoms with Crippen LogP contribution in [0.3, 0.4) is 0 Å². The molecule has 2 amide bonds. The summed E-state index contributed by atoms with van der Waals surface area (Å²) in [6.07, 6.45) is 0.570. The van der Waals surface area contributed by atoms with Gasteiger partial charge < -0.3 is 19.7 Å². The lowest BCUT2D eigenvalue weighted by Gasteiger charge is -2.23. The number of rotatable bonds is 8. The molecule has 0 saturated heterocycles. The molecule has 0 bridgehead atoms. The van der Waals surface area contributed by atoms with E-state index in [0.29, 0.717) is 43.1 Å². The maximum atomic E-state index is 13.2. The molecule has 1 atom stereocenters. The molecule has 3 aromatic rings. The van der Waals surface area contributed by atoms with Crippen LogP contribution in [0.2, 0.25) is 0 Å². The molecule has 1 N–H and O–H groups in total. The molecule has 0 aliphatic carbocycles. The molecule has 1 unspecified atom stereocenters. The number of hydrogen-bond acceptors (Lipinski definition) is 4. The summed E-state index contributed by atoms with van der Waals surface area (Å²) in [5.74, 6) is 0.598. The highest BCUT2D eigenvalue weighted by Gasteiger charge is 2.29. The van der Waals surface area contributed by atoms with Gasteiger partial charge in [-0.1, -0.05) is 37.3 Å². The number of para-hydroxylation sites is 1. The molecule has 3 aromatic carbocycles. The van der Waals surface area contributed by atoms with Crippen molar-refractivity contribution in [3.05, 3.63) is 89.7 Å². The van der Waals surface area contributed by atoms with Crippen LogP contribution in [0.5, 0.6) is 11.5 Å². The molecule has 4 rings (SSSR count). The fourth-order valence-corrected chi connectivity index (χ4v) is 3.81. The quantitative estimate of drug-likeness (QED) is 0.532. The molecule has 1 aliphatic rings. The van der Waals surface area contributed by atoms with Crippen molar-refractivity contribution >= 4 is 17.5 Å². The highest BCUT2D eigenvalue weighted by Crippen LogP contribution is 2.29.